The van der Waals surface area contributed by atoms with Crippen LogP contribution in [0.3, 0.4) is 0 Å². The molecule has 0 unspecified atom stereocenters. The molecule has 6 nitrogen and oxygen atoms in total. The molecule has 1 heterocycles. The van der Waals surface area contributed by atoms with E-state index in [1.807, 2.05) is 31.2 Å². The number of benzene rings is 3. The van der Waals surface area contributed by atoms with E-state index >= 15 is 0 Å². The fourth-order valence-corrected chi connectivity index (χ4v) is 3.83. The Bertz CT molecular complexity index is 1220. The smallest absolute Gasteiger partial charge is 0.232 e. The molecular weight excluding hydrogens is 420 g/mol. The third-order valence-electron chi connectivity index (χ3n) is 5.58. The first-order valence-electron chi connectivity index (χ1n) is 10.5. The normalized spacial score (nSPS) is 13.5. The van der Waals surface area contributed by atoms with Gasteiger partial charge < -0.3 is 23.7 Å². The van der Waals surface area contributed by atoms with E-state index in [2.05, 4.69) is 13.0 Å². The second kappa shape index (κ2) is 9.28. The van der Waals surface area contributed by atoms with Crippen LogP contribution in [-0.2, 0) is 6.61 Å². The number of allylic oxidation sites excluding steroid dienone is 1. The Hall–Kier alpha value is -3.93. The van der Waals surface area contributed by atoms with Crippen LogP contribution >= 0.6 is 0 Å². The quantitative estimate of drug-likeness (QED) is 0.445. The molecule has 0 radical (unpaired) electrons. The highest BCUT2D eigenvalue weighted by atomic mass is 16.5. The van der Waals surface area contributed by atoms with E-state index in [1.165, 1.54) is 0 Å². The highest BCUT2D eigenvalue weighted by molar-refractivity contribution is 6.15. The molecule has 0 atom stereocenters. The van der Waals surface area contributed by atoms with E-state index in [4.69, 9.17) is 23.7 Å². The summed E-state index contributed by atoms with van der Waals surface area (Å²) in [6.07, 6.45) is 1.67. The van der Waals surface area contributed by atoms with Gasteiger partial charge in [0.05, 0.1) is 26.9 Å². The van der Waals surface area contributed by atoms with Gasteiger partial charge in [-0.3, -0.25) is 4.79 Å². The Kier molecular flexibility index (Phi) is 6.27. The van der Waals surface area contributed by atoms with Crippen LogP contribution in [0, 0.1) is 13.8 Å². The Morgan fingerprint density at radius 3 is 2.21 bits per heavy atom. The van der Waals surface area contributed by atoms with Crippen LogP contribution in [0.15, 0.2) is 54.3 Å². The van der Waals surface area contributed by atoms with Crippen molar-refractivity contribution >= 4 is 11.9 Å². The number of ketones is 1. The maximum Gasteiger partial charge on any atom is 0.232 e. The maximum atomic E-state index is 13.1. The standard InChI is InChI=1S/C27H26O6/c1-16-8-6-7-9-19(16)15-32-20-10-17(2)25-21(14-20)33-22(26(25)28)11-18-12-23(29-3)27(31-5)24(13-18)30-4/h6-14H,15H2,1-5H3/b22-11-. The lowest BCUT2D eigenvalue weighted by Gasteiger charge is -2.13. The summed E-state index contributed by atoms with van der Waals surface area (Å²) in [6.45, 7) is 4.37. The van der Waals surface area contributed by atoms with Crippen molar-refractivity contribution in [2.45, 2.75) is 20.5 Å². The third-order valence-corrected chi connectivity index (χ3v) is 5.58. The summed E-state index contributed by atoms with van der Waals surface area (Å²) >= 11 is 0. The van der Waals surface area contributed by atoms with Crippen LogP contribution in [0.25, 0.3) is 6.08 Å². The van der Waals surface area contributed by atoms with E-state index in [9.17, 15) is 4.79 Å². The van der Waals surface area contributed by atoms with Gasteiger partial charge in [-0.15, -0.1) is 0 Å². The van der Waals surface area contributed by atoms with Crippen molar-refractivity contribution in [3.05, 3.63) is 82.1 Å². The zero-order valence-corrected chi connectivity index (χ0v) is 19.4. The van der Waals surface area contributed by atoms with Gasteiger partial charge in [0, 0.05) is 6.07 Å². The predicted molar refractivity (Wildman–Crippen MR) is 126 cm³/mol. The summed E-state index contributed by atoms with van der Waals surface area (Å²) < 4.78 is 28.1. The van der Waals surface area contributed by atoms with Gasteiger partial charge in [-0.1, -0.05) is 24.3 Å². The van der Waals surface area contributed by atoms with Crippen molar-refractivity contribution in [2.75, 3.05) is 21.3 Å². The fraction of sp³-hybridized carbons (Fsp3) is 0.222. The molecule has 1 aliphatic rings. The Morgan fingerprint density at radius 2 is 1.58 bits per heavy atom. The largest absolute Gasteiger partial charge is 0.493 e. The first-order chi connectivity index (χ1) is 15.9. The molecule has 3 aromatic carbocycles. The van der Waals surface area contributed by atoms with E-state index < -0.39 is 0 Å². The number of ether oxygens (including phenoxy) is 5. The first-order valence-corrected chi connectivity index (χ1v) is 10.5. The minimum Gasteiger partial charge on any atom is -0.493 e. The van der Waals surface area contributed by atoms with Gasteiger partial charge in [-0.2, -0.15) is 0 Å². The number of hydrogen-bond donors (Lipinski definition) is 0. The molecule has 0 fully saturated rings. The van der Waals surface area contributed by atoms with E-state index in [1.54, 1.807) is 45.6 Å². The summed E-state index contributed by atoms with van der Waals surface area (Å²) in [7, 11) is 4.63. The molecule has 0 bridgehead atoms. The zero-order chi connectivity index (χ0) is 23.5. The van der Waals surface area contributed by atoms with E-state index in [0.717, 1.165) is 16.7 Å². The first kappa shape index (κ1) is 22.3. The van der Waals surface area contributed by atoms with Crippen LogP contribution in [0.5, 0.6) is 28.7 Å². The number of Topliss-reactive ketones (excluding diaryl/α,β-unsaturated/α-hetero) is 1. The zero-order valence-electron chi connectivity index (χ0n) is 19.4. The summed E-state index contributed by atoms with van der Waals surface area (Å²) in [5.74, 6) is 2.65. The summed E-state index contributed by atoms with van der Waals surface area (Å²) in [6, 6.07) is 15.2. The molecule has 1 aliphatic heterocycles. The van der Waals surface area contributed by atoms with Crippen molar-refractivity contribution < 1.29 is 28.5 Å². The van der Waals surface area contributed by atoms with Gasteiger partial charge >= 0.3 is 0 Å². The number of rotatable bonds is 7. The second-order valence-corrected chi connectivity index (χ2v) is 7.73. The molecular formula is C27H26O6. The Labute approximate surface area is 193 Å². The highest BCUT2D eigenvalue weighted by Gasteiger charge is 2.30. The molecule has 33 heavy (non-hydrogen) atoms. The van der Waals surface area contributed by atoms with Crippen molar-refractivity contribution in [3.8, 4) is 28.7 Å². The summed E-state index contributed by atoms with van der Waals surface area (Å²) in [4.78, 5) is 13.1. The minimum absolute atomic E-state index is 0.179. The Morgan fingerprint density at radius 1 is 0.879 bits per heavy atom. The van der Waals surface area contributed by atoms with Crippen molar-refractivity contribution in [1.29, 1.82) is 0 Å². The van der Waals surface area contributed by atoms with Gasteiger partial charge in [0.25, 0.3) is 0 Å². The molecule has 3 aromatic rings. The van der Waals surface area contributed by atoms with Crippen LogP contribution in [0.1, 0.15) is 32.6 Å². The van der Waals surface area contributed by atoms with Gasteiger partial charge in [0.1, 0.15) is 18.1 Å². The minimum atomic E-state index is -0.179. The molecule has 0 saturated heterocycles. The lowest BCUT2D eigenvalue weighted by Crippen LogP contribution is -2.01. The molecule has 170 valence electrons. The highest BCUT2D eigenvalue weighted by Crippen LogP contribution is 2.41. The van der Waals surface area contributed by atoms with Crippen molar-refractivity contribution in [3.63, 3.8) is 0 Å². The third kappa shape index (κ3) is 4.37. The maximum absolute atomic E-state index is 13.1. The van der Waals surface area contributed by atoms with Crippen LogP contribution in [0.2, 0.25) is 0 Å². The van der Waals surface area contributed by atoms with Gasteiger partial charge in [0.2, 0.25) is 11.5 Å². The fourth-order valence-electron chi connectivity index (χ4n) is 3.83. The van der Waals surface area contributed by atoms with Gasteiger partial charge in [-0.05, 0) is 60.4 Å². The molecule has 0 aliphatic carbocycles. The van der Waals surface area contributed by atoms with Gasteiger partial charge in [-0.25, -0.2) is 0 Å². The number of aryl methyl sites for hydroxylation is 2. The summed E-state index contributed by atoms with van der Waals surface area (Å²) in [5, 5.41) is 0. The molecule has 0 saturated carbocycles. The monoisotopic (exact) mass is 446 g/mol. The molecule has 0 spiro atoms. The second-order valence-electron chi connectivity index (χ2n) is 7.73. The number of carbonyl (C=O) groups excluding carboxylic acids is 1. The SMILES string of the molecule is COc1cc(/C=C2\Oc3cc(OCc4ccccc4C)cc(C)c3C2=O)cc(OC)c1OC. The van der Waals surface area contributed by atoms with E-state index in [-0.39, 0.29) is 11.5 Å². The molecule has 0 amide bonds. The van der Waals surface area contributed by atoms with Crippen molar-refractivity contribution in [1.82, 2.24) is 0 Å². The average molecular weight is 446 g/mol. The average Bonchev–Trinajstić information content (AvgIpc) is 3.13. The van der Waals surface area contributed by atoms with E-state index in [0.29, 0.717) is 46.5 Å². The number of methoxy groups -OCH3 is 3. The van der Waals surface area contributed by atoms with Crippen molar-refractivity contribution in [2.24, 2.45) is 0 Å². The van der Waals surface area contributed by atoms with Crippen LogP contribution in [0.4, 0.5) is 0 Å². The Balaban J connectivity index is 1.61. The molecule has 6 heteroatoms. The lowest BCUT2D eigenvalue weighted by molar-refractivity contribution is 0.101. The lowest BCUT2D eigenvalue weighted by atomic mass is 10.0. The van der Waals surface area contributed by atoms with Crippen LogP contribution < -0.4 is 23.7 Å². The number of carbonyl (C=O) groups is 1. The van der Waals surface area contributed by atoms with Gasteiger partial charge in [0.15, 0.2) is 17.3 Å². The number of hydrogen-bond acceptors (Lipinski definition) is 6. The molecule has 0 N–H and O–H groups in total. The topological polar surface area (TPSA) is 63.2 Å². The number of fused-ring (bicyclic) bond motifs is 1. The molecule has 4 rings (SSSR count). The summed E-state index contributed by atoms with van der Waals surface area (Å²) in [5.41, 5.74) is 4.30. The molecule has 0 aromatic heterocycles. The van der Waals surface area contributed by atoms with Crippen LogP contribution in [-0.4, -0.2) is 27.1 Å². The predicted octanol–water partition coefficient (Wildman–Crippen LogP) is 5.52.